The van der Waals surface area contributed by atoms with Crippen molar-refractivity contribution in [2.75, 3.05) is 7.11 Å². The number of nitrogens with zero attached hydrogens (tertiary/aromatic N) is 1. The summed E-state index contributed by atoms with van der Waals surface area (Å²) in [5, 5.41) is 14.3. The van der Waals surface area contributed by atoms with E-state index in [2.05, 4.69) is 9.84 Å². The summed E-state index contributed by atoms with van der Waals surface area (Å²) < 4.78 is 4.57. The number of fused-ring (bicyclic) bond motifs is 1. The van der Waals surface area contributed by atoms with Gasteiger partial charge in [0.2, 0.25) is 5.60 Å². The van der Waals surface area contributed by atoms with Gasteiger partial charge in [0, 0.05) is 17.0 Å². The average Bonchev–Trinajstić information content (AvgIpc) is 2.59. The predicted molar refractivity (Wildman–Crippen MR) is 62.8 cm³/mol. The lowest BCUT2D eigenvalue weighted by Gasteiger charge is -2.19. The molecule has 2 rings (SSSR count). The van der Waals surface area contributed by atoms with Crippen molar-refractivity contribution in [2.45, 2.75) is 12.0 Å². The highest BCUT2D eigenvalue weighted by Gasteiger charge is 2.49. The SMILES string of the molecule is COC(=O)[C@@]1(O)Cc2cc(Cl)ccc2/C1=N\N. The van der Waals surface area contributed by atoms with Gasteiger partial charge in [-0.05, 0) is 17.7 Å². The van der Waals surface area contributed by atoms with Crippen LogP contribution in [0.5, 0.6) is 0 Å². The number of ether oxygens (including phenoxy) is 1. The predicted octanol–water partition coefficient (Wildman–Crippen LogP) is 0.463. The zero-order chi connectivity index (χ0) is 12.6. The van der Waals surface area contributed by atoms with Gasteiger partial charge in [-0.25, -0.2) is 4.79 Å². The third-order valence-corrected chi connectivity index (χ3v) is 3.05. The van der Waals surface area contributed by atoms with Crippen molar-refractivity contribution in [1.29, 1.82) is 0 Å². The molecule has 3 N–H and O–H groups in total. The fourth-order valence-electron chi connectivity index (χ4n) is 2.04. The van der Waals surface area contributed by atoms with E-state index in [-0.39, 0.29) is 12.1 Å². The third kappa shape index (κ3) is 1.67. The zero-order valence-electron chi connectivity index (χ0n) is 9.11. The molecule has 0 saturated carbocycles. The Morgan fingerprint density at radius 2 is 2.35 bits per heavy atom. The van der Waals surface area contributed by atoms with E-state index in [4.69, 9.17) is 17.4 Å². The molecule has 0 aliphatic heterocycles. The van der Waals surface area contributed by atoms with Gasteiger partial charge in [0.1, 0.15) is 5.71 Å². The Hall–Kier alpha value is -1.59. The molecule has 5 nitrogen and oxygen atoms in total. The zero-order valence-corrected chi connectivity index (χ0v) is 9.86. The Morgan fingerprint density at radius 3 is 2.94 bits per heavy atom. The van der Waals surface area contributed by atoms with Gasteiger partial charge in [0.05, 0.1) is 7.11 Å². The van der Waals surface area contributed by atoms with Crippen LogP contribution in [0, 0.1) is 0 Å². The molecule has 0 heterocycles. The maximum atomic E-state index is 11.6. The van der Waals surface area contributed by atoms with E-state index >= 15 is 0 Å². The van der Waals surface area contributed by atoms with Crippen LogP contribution in [0.1, 0.15) is 11.1 Å². The molecule has 0 saturated heterocycles. The molecule has 1 atom stereocenters. The number of hydrogen-bond acceptors (Lipinski definition) is 5. The highest BCUT2D eigenvalue weighted by Crippen LogP contribution is 2.33. The lowest BCUT2D eigenvalue weighted by Crippen LogP contribution is -2.46. The molecule has 90 valence electrons. The molecular weight excluding hydrogens is 244 g/mol. The van der Waals surface area contributed by atoms with Gasteiger partial charge in [0.25, 0.3) is 0 Å². The fourth-order valence-corrected chi connectivity index (χ4v) is 2.23. The number of nitrogens with two attached hydrogens (primary N) is 1. The Kier molecular flexibility index (Phi) is 2.81. The minimum absolute atomic E-state index is 0.0611. The first-order valence-electron chi connectivity index (χ1n) is 4.91. The molecular formula is C11H11ClN2O3. The molecule has 1 aromatic rings. The lowest BCUT2D eigenvalue weighted by molar-refractivity contribution is -0.154. The van der Waals surface area contributed by atoms with Gasteiger partial charge >= 0.3 is 5.97 Å². The number of rotatable bonds is 1. The summed E-state index contributed by atoms with van der Waals surface area (Å²) in [5.74, 6) is 4.46. The van der Waals surface area contributed by atoms with E-state index in [0.717, 1.165) is 5.56 Å². The van der Waals surface area contributed by atoms with Crippen LogP contribution in [0.3, 0.4) is 0 Å². The van der Waals surface area contributed by atoms with Crippen molar-refractivity contribution < 1.29 is 14.6 Å². The van der Waals surface area contributed by atoms with Crippen LogP contribution in [0.2, 0.25) is 5.02 Å². The smallest absolute Gasteiger partial charge is 0.344 e. The molecule has 1 aliphatic carbocycles. The van der Waals surface area contributed by atoms with Crippen molar-refractivity contribution >= 4 is 23.3 Å². The van der Waals surface area contributed by atoms with Gasteiger partial charge in [-0.2, -0.15) is 5.10 Å². The van der Waals surface area contributed by atoms with Crippen LogP contribution >= 0.6 is 11.6 Å². The number of carbonyl (C=O) groups is 1. The number of carbonyl (C=O) groups excluding carboxylic acids is 1. The normalized spacial score (nSPS) is 24.8. The van der Waals surface area contributed by atoms with Crippen LogP contribution in [0.25, 0.3) is 0 Å². The third-order valence-electron chi connectivity index (χ3n) is 2.81. The largest absolute Gasteiger partial charge is 0.467 e. The second-order valence-corrected chi connectivity index (χ2v) is 4.24. The van der Waals surface area contributed by atoms with Crippen molar-refractivity contribution in [2.24, 2.45) is 10.9 Å². The molecule has 6 heteroatoms. The van der Waals surface area contributed by atoms with Gasteiger partial charge < -0.3 is 15.7 Å². The first-order chi connectivity index (χ1) is 8.02. The number of aliphatic hydroxyl groups is 1. The highest BCUT2D eigenvalue weighted by atomic mass is 35.5. The van der Waals surface area contributed by atoms with Crippen LogP contribution in [0.15, 0.2) is 23.3 Å². The quantitative estimate of drug-likeness (QED) is 0.433. The highest BCUT2D eigenvalue weighted by molar-refractivity contribution is 6.31. The fraction of sp³-hybridized carbons (Fsp3) is 0.273. The molecule has 0 fully saturated rings. The molecule has 0 bridgehead atoms. The van der Waals surface area contributed by atoms with Crippen LogP contribution in [0.4, 0.5) is 0 Å². The number of esters is 1. The maximum Gasteiger partial charge on any atom is 0.344 e. The number of methoxy groups -OCH3 is 1. The van der Waals surface area contributed by atoms with Gasteiger partial charge in [-0.1, -0.05) is 17.7 Å². The average molecular weight is 255 g/mol. The van der Waals surface area contributed by atoms with Crippen molar-refractivity contribution in [3.8, 4) is 0 Å². The van der Waals surface area contributed by atoms with E-state index in [1.807, 2.05) is 0 Å². The first kappa shape index (κ1) is 11.9. The number of benzene rings is 1. The van der Waals surface area contributed by atoms with E-state index in [0.29, 0.717) is 10.6 Å². The number of hydrazone groups is 1. The summed E-state index contributed by atoms with van der Waals surface area (Å²) in [5.41, 5.74) is -0.383. The molecule has 0 amide bonds. The maximum absolute atomic E-state index is 11.6. The lowest BCUT2D eigenvalue weighted by atomic mass is 9.99. The Bertz CT molecular complexity index is 515. The van der Waals surface area contributed by atoms with E-state index in [9.17, 15) is 9.90 Å². The molecule has 1 aromatic carbocycles. The van der Waals surface area contributed by atoms with Crippen LogP contribution in [-0.2, 0) is 16.0 Å². The summed E-state index contributed by atoms with van der Waals surface area (Å²) in [7, 11) is 1.20. The molecule has 0 radical (unpaired) electrons. The molecule has 0 spiro atoms. The summed E-state index contributed by atoms with van der Waals surface area (Å²) in [6.45, 7) is 0. The topological polar surface area (TPSA) is 84.9 Å². The minimum atomic E-state index is -1.82. The molecule has 17 heavy (non-hydrogen) atoms. The van der Waals surface area contributed by atoms with Crippen molar-refractivity contribution in [3.63, 3.8) is 0 Å². The Morgan fingerprint density at radius 1 is 1.65 bits per heavy atom. The second kappa shape index (κ2) is 4.01. The van der Waals surface area contributed by atoms with Crippen LogP contribution in [-0.4, -0.2) is 29.5 Å². The van der Waals surface area contributed by atoms with Crippen molar-refractivity contribution in [1.82, 2.24) is 0 Å². The molecule has 0 aromatic heterocycles. The van der Waals surface area contributed by atoms with Gasteiger partial charge in [0.15, 0.2) is 0 Å². The Labute approximate surface area is 103 Å². The number of hydrogen-bond donors (Lipinski definition) is 2. The van der Waals surface area contributed by atoms with Crippen molar-refractivity contribution in [3.05, 3.63) is 34.3 Å². The summed E-state index contributed by atoms with van der Waals surface area (Å²) in [6.07, 6.45) is 0.0611. The summed E-state index contributed by atoms with van der Waals surface area (Å²) in [4.78, 5) is 11.6. The van der Waals surface area contributed by atoms with E-state index < -0.39 is 11.6 Å². The minimum Gasteiger partial charge on any atom is -0.467 e. The van der Waals surface area contributed by atoms with Crippen LogP contribution < -0.4 is 5.84 Å². The molecule has 0 unspecified atom stereocenters. The molecule has 1 aliphatic rings. The van der Waals surface area contributed by atoms with E-state index in [1.165, 1.54) is 7.11 Å². The van der Waals surface area contributed by atoms with Gasteiger partial charge in [-0.3, -0.25) is 0 Å². The standard InChI is InChI=1S/C11H11ClN2O3/c1-17-10(15)11(16)5-6-4-7(12)2-3-8(6)9(11)14-13/h2-4,16H,5,13H2,1H3/b14-9+/t11-/m1/s1. The van der Waals surface area contributed by atoms with E-state index in [1.54, 1.807) is 18.2 Å². The first-order valence-corrected chi connectivity index (χ1v) is 5.28. The summed E-state index contributed by atoms with van der Waals surface area (Å²) >= 11 is 5.85. The Balaban J connectivity index is 2.56. The summed E-state index contributed by atoms with van der Waals surface area (Å²) in [6, 6.07) is 4.99. The monoisotopic (exact) mass is 254 g/mol. The number of halogens is 1. The second-order valence-electron chi connectivity index (χ2n) is 3.81. The van der Waals surface area contributed by atoms with Gasteiger partial charge in [-0.15, -0.1) is 0 Å².